The van der Waals surface area contributed by atoms with Crippen LogP contribution in [0.5, 0.6) is 5.75 Å². The molecule has 2 aromatic rings. The van der Waals surface area contributed by atoms with Crippen LogP contribution in [0.25, 0.3) is 0 Å². The minimum atomic E-state index is -0.196. The van der Waals surface area contributed by atoms with Crippen molar-refractivity contribution in [2.24, 2.45) is 5.92 Å². The van der Waals surface area contributed by atoms with E-state index in [0.29, 0.717) is 37.7 Å². The highest BCUT2D eigenvalue weighted by molar-refractivity contribution is 7.10. The quantitative estimate of drug-likeness (QED) is 0.450. The molecule has 6 nitrogen and oxygen atoms in total. The number of fused-ring (bicyclic) bond motifs is 1. The van der Waals surface area contributed by atoms with Crippen LogP contribution < -0.4 is 4.74 Å². The molecule has 3 rings (SSSR count). The number of carbonyl (C=O) groups excluding carboxylic acids is 2. The molecule has 1 aliphatic rings. The molecule has 0 saturated carbocycles. The topological polar surface area (TPSA) is 59.1 Å². The van der Waals surface area contributed by atoms with Crippen molar-refractivity contribution in [3.8, 4) is 5.75 Å². The van der Waals surface area contributed by atoms with Crippen molar-refractivity contribution in [3.05, 3.63) is 50.7 Å². The molecule has 8 heteroatoms. The Hall–Kier alpha value is -2.09. The van der Waals surface area contributed by atoms with E-state index in [1.165, 1.54) is 4.88 Å². The number of carbonyl (C=O) groups is 2. The molecule has 33 heavy (non-hydrogen) atoms. The Labute approximate surface area is 205 Å². The van der Waals surface area contributed by atoms with Crippen LogP contribution in [0, 0.1) is 12.8 Å². The van der Waals surface area contributed by atoms with Crippen LogP contribution in [-0.4, -0.2) is 61.6 Å². The van der Waals surface area contributed by atoms with E-state index in [0.717, 1.165) is 23.3 Å². The fraction of sp³-hybridized carbons (Fsp3) is 0.520. The van der Waals surface area contributed by atoms with Gasteiger partial charge in [-0.1, -0.05) is 25.4 Å². The first-order chi connectivity index (χ1) is 15.8. The van der Waals surface area contributed by atoms with Gasteiger partial charge in [-0.3, -0.25) is 9.59 Å². The number of hydrogen-bond acceptors (Lipinski definition) is 5. The van der Waals surface area contributed by atoms with Gasteiger partial charge in [0.25, 0.3) is 0 Å². The second-order valence-corrected chi connectivity index (χ2v) is 10.0. The van der Waals surface area contributed by atoms with Crippen LogP contribution in [0.3, 0.4) is 0 Å². The van der Waals surface area contributed by atoms with Crippen LogP contribution in [-0.2, 0) is 20.7 Å². The summed E-state index contributed by atoms with van der Waals surface area (Å²) in [5.74, 6) is 0.483. The minimum absolute atomic E-state index is 0.0166. The Morgan fingerprint density at radius 1 is 1.30 bits per heavy atom. The molecule has 0 unspecified atom stereocenters. The molecule has 0 bridgehead atoms. The number of rotatable bonds is 10. The van der Waals surface area contributed by atoms with Crippen molar-refractivity contribution in [1.29, 1.82) is 0 Å². The normalized spacial score (nSPS) is 15.5. The Morgan fingerprint density at radius 3 is 2.79 bits per heavy atom. The van der Waals surface area contributed by atoms with Gasteiger partial charge in [-0.15, -0.1) is 11.3 Å². The standard InChI is InChI=1S/C25H33ClN2O4S/c1-17(2)25(30)27(10-5-12-31-4)15-24(29)28-11-8-23-20(9-13-33-23)22(28)16-32-19-6-7-21(26)18(3)14-19/h6-7,9,13-14,17,22H,5,8,10-12,15-16H2,1-4H3/t22-/m0/s1. The lowest BCUT2D eigenvalue weighted by atomic mass is 10.00. The number of aryl methyl sites for hydroxylation is 1. The number of benzene rings is 1. The van der Waals surface area contributed by atoms with Crippen LogP contribution in [0.4, 0.5) is 0 Å². The summed E-state index contributed by atoms with van der Waals surface area (Å²) in [7, 11) is 1.64. The predicted molar refractivity (Wildman–Crippen MR) is 132 cm³/mol. The van der Waals surface area contributed by atoms with Crippen molar-refractivity contribution in [1.82, 2.24) is 9.80 Å². The molecule has 2 amide bonds. The maximum Gasteiger partial charge on any atom is 0.242 e. The first-order valence-electron chi connectivity index (χ1n) is 11.3. The summed E-state index contributed by atoms with van der Waals surface area (Å²) in [4.78, 5) is 31.0. The second kappa shape index (κ2) is 11.9. The molecule has 1 aliphatic heterocycles. The monoisotopic (exact) mass is 492 g/mol. The van der Waals surface area contributed by atoms with Crippen LogP contribution in [0.1, 0.15) is 42.3 Å². The fourth-order valence-corrected chi connectivity index (χ4v) is 5.09. The average Bonchev–Trinajstić information content (AvgIpc) is 3.27. The van der Waals surface area contributed by atoms with Gasteiger partial charge in [0.15, 0.2) is 0 Å². The van der Waals surface area contributed by atoms with Gasteiger partial charge in [0.05, 0.1) is 12.6 Å². The third-order valence-corrected chi connectivity index (χ3v) is 7.28. The van der Waals surface area contributed by atoms with Gasteiger partial charge in [-0.2, -0.15) is 0 Å². The summed E-state index contributed by atoms with van der Waals surface area (Å²) in [5, 5.41) is 2.76. The fourth-order valence-electron chi connectivity index (χ4n) is 4.04. The van der Waals surface area contributed by atoms with Gasteiger partial charge in [0.1, 0.15) is 12.4 Å². The van der Waals surface area contributed by atoms with E-state index in [-0.39, 0.29) is 30.3 Å². The summed E-state index contributed by atoms with van der Waals surface area (Å²) >= 11 is 7.86. The molecular weight excluding hydrogens is 460 g/mol. The lowest BCUT2D eigenvalue weighted by Gasteiger charge is -2.37. The van der Waals surface area contributed by atoms with Crippen molar-refractivity contribution >= 4 is 34.8 Å². The number of ether oxygens (including phenoxy) is 2. The SMILES string of the molecule is COCCCN(CC(=O)N1CCc2sccc2[C@@H]1COc1ccc(Cl)c(C)c1)C(=O)C(C)C. The molecule has 0 saturated heterocycles. The van der Waals surface area contributed by atoms with Crippen molar-refractivity contribution < 1.29 is 19.1 Å². The van der Waals surface area contributed by atoms with Gasteiger partial charge >= 0.3 is 0 Å². The first kappa shape index (κ1) is 25.5. The molecule has 180 valence electrons. The maximum atomic E-state index is 13.5. The predicted octanol–water partition coefficient (Wildman–Crippen LogP) is 4.74. The zero-order valence-electron chi connectivity index (χ0n) is 19.8. The lowest BCUT2D eigenvalue weighted by molar-refractivity contribution is -0.144. The van der Waals surface area contributed by atoms with Crippen molar-refractivity contribution in [2.45, 2.75) is 39.7 Å². The van der Waals surface area contributed by atoms with E-state index < -0.39 is 0 Å². The third kappa shape index (κ3) is 6.49. The molecule has 1 aromatic carbocycles. The Morgan fingerprint density at radius 2 is 2.09 bits per heavy atom. The zero-order valence-corrected chi connectivity index (χ0v) is 21.4. The second-order valence-electron chi connectivity index (χ2n) is 8.63. The molecule has 2 heterocycles. The summed E-state index contributed by atoms with van der Waals surface area (Å²) in [6.07, 6.45) is 1.51. The van der Waals surface area contributed by atoms with E-state index in [4.69, 9.17) is 21.1 Å². The van der Waals surface area contributed by atoms with Gasteiger partial charge in [0.2, 0.25) is 11.8 Å². The molecule has 0 N–H and O–H groups in total. The smallest absolute Gasteiger partial charge is 0.242 e. The van der Waals surface area contributed by atoms with E-state index >= 15 is 0 Å². The van der Waals surface area contributed by atoms with Crippen molar-refractivity contribution in [3.63, 3.8) is 0 Å². The van der Waals surface area contributed by atoms with E-state index in [2.05, 4.69) is 11.4 Å². The highest BCUT2D eigenvalue weighted by Gasteiger charge is 2.33. The Bertz CT molecular complexity index is 962. The first-order valence-corrected chi connectivity index (χ1v) is 12.6. The van der Waals surface area contributed by atoms with Crippen molar-refractivity contribution in [2.75, 3.05) is 40.0 Å². The summed E-state index contributed by atoms with van der Waals surface area (Å²) in [6, 6.07) is 7.46. The maximum absolute atomic E-state index is 13.5. The number of halogens is 1. The highest BCUT2D eigenvalue weighted by Crippen LogP contribution is 2.34. The summed E-state index contributed by atoms with van der Waals surface area (Å²) in [6.45, 7) is 7.73. The minimum Gasteiger partial charge on any atom is -0.491 e. The van der Waals surface area contributed by atoms with Crippen LogP contribution in [0.2, 0.25) is 5.02 Å². The molecule has 1 atom stereocenters. The molecule has 0 radical (unpaired) electrons. The average molecular weight is 493 g/mol. The Kier molecular flexibility index (Phi) is 9.18. The van der Waals surface area contributed by atoms with Crippen LogP contribution >= 0.6 is 22.9 Å². The molecule has 0 spiro atoms. The largest absolute Gasteiger partial charge is 0.491 e. The summed E-state index contributed by atoms with van der Waals surface area (Å²) in [5.41, 5.74) is 2.08. The molecule has 0 aliphatic carbocycles. The number of nitrogens with zero attached hydrogens (tertiary/aromatic N) is 2. The summed E-state index contributed by atoms with van der Waals surface area (Å²) < 4.78 is 11.2. The lowest BCUT2D eigenvalue weighted by Crippen LogP contribution is -2.48. The Balaban J connectivity index is 1.75. The molecular formula is C25H33ClN2O4S. The molecule has 0 fully saturated rings. The number of methoxy groups -OCH3 is 1. The highest BCUT2D eigenvalue weighted by atomic mass is 35.5. The number of amides is 2. The van der Waals surface area contributed by atoms with Gasteiger partial charge in [-0.25, -0.2) is 0 Å². The van der Waals surface area contributed by atoms with Gasteiger partial charge < -0.3 is 19.3 Å². The zero-order chi connectivity index (χ0) is 24.0. The number of hydrogen-bond donors (Lipinski definition) is 0. The van der Waals surface area contributed by atoms with Gasteiger partial charge in [0, 0.05) is 42.6 Å². The van der Waals surface area contributed by atoms with E-state index in [9.17, 15) is 9.59 Å². The molecule has 1 aromatic heterocycles. The third-order valence-electron chi connectivity index (χ3n) is 5.86. The van der Waals surface area contributed by atoms with E-state index in [1.807, 2.05) is 43.9 Å². The number of thiophene rings is 1. The van der Waals surface area contributed by atoms with Crippen LogP contribution in [0.15, 0.2) is 29.6 Å². The van der Waals surface area contributed by atoms with Gasteiger partial charge in [-0.05, 0) is 60.5 Å². The van der Waals surface area contributed by atoms with E-state index in [1.54, 1.807) is 23.3 Å².